The molecule has 2 rings (SSSR count). The van der Waals surface area contributed by atoms with Crippen molar-refractivity contribution in [1.29, 1.82) is 0 Å². The van der Waals surface area contributed by atoms with Gasteiger partial charge in [-0.25, -0.2) is 0 Å². The third kappa shape index (κ3) is 3.27. The smallest absolute Gasteiger partial charge is 0.312 e. The van der Waals surface area contributed by atoms with Gasteiger partial charge in [-0.3, -0.25) is 10.1 Å². The zero-order valence-corrected chi connectivity index (χ0v) is 12.3. The SMILES string of the molecule is CCOc1ccccc1Oc1ccc(Br)cc1[N+](=O)[O-]. The Morgan fingerprint density at radius 1 is 1.15 bits per heavy atom. The van der Waals surface area contributed by atoms with Gasteiger partial charge in [0.2, 0.25) is 5.75 Å². The number of benzene rings is 2. The molecule has 0 heterocycles. The second-order valence-corrected chi connectivity index (χ2v) is 4.77. The van der Waals surface area contributed by atoms with Gasteiger partial charge in [-0.2, -0.15) is 0 Å². The minimum atomic E-state index is -0.483. The second kappa shape index (κ2) is 6.38. The van der Waals surface area contributed by atoms with Gasteiger partial charge in [-0.1, -0.05) is 28.1 Å². The van der Waals surface area contributed by atoms with Crippen LogP contribution in [0.2, 0.25) is 0 Å². The van der Waals surface area contributed by atoms with Crippen LogP contribution in [0.3, 0.4) is 0 Å². The van der Waals surface area contributed by atoms with Crippen molar-refractivity contribution in [3.05, 3.63) is 57.1 Å². The van der Waals surface area contributed by atoms with Gasteiger partial charge < -0.3 is 9.47 Å². The van der Waals surface area contributed by atoms with E-state index in [2.05, 4.69) is 15.9 Å². The highest BCUT2D eigenvalue weighted by Crippen LogP contribution is 2.37. The zero-order valence-electron chi connectivity index (χ0n) is 10.7. The Hall–Kier alpha value is -2.08. The van der Waals surface area contributed by atoms with Crippen LogP contribution < -0.4 is 9.47 Å². The molecule has 0 spiro atoms. The number of rotatable bonds is 5. The molecule has 0 aliphatic carbocycles. The zero-order chi connectivity index (χ0) is 14.5. The van der Waals surface area contributed by atoms with E-state index in [1.165, 1.54) is 6.07 Å². The molecule has 0 saturated heterocycles. The van der Waals surface area contributed by atoms with Crippen molar-refractivity contribution >= 4 is 21.6 Å². The molecule has 6 heteroatoms. The third-order valence-electron chi connectivity index (χ3n) is 2.49. The minimum Gasteiger partial charge on any atom is -0.490 e. The molecule has 0 N–H and O–H groups in total. The number of nitro benzene ring substituents is 1. The highest BCUT2D eigenvalue weighted by atomic mass is 79.9. The molecule has 0 saturated carbocycles. The monoisotopic (exact) mass is 337 g/mol. The number of halogens is 1. The van der Waals surface area contributed by atoms with Crippen molar-refractivity contribution in [2.75, 3.05) is 6.61 Å². The lowest BCUT2D eigenvalue weighted by Crippen LogP contribution is -1.97. The first-order valence-electron chi connectivity index (χ1n) is 5.95. The highest BCUT2D eigenvalue weighted by Gasteiger charge is 2.17. The fourth-order valence-corrected chi connectivity index (χ4v) is 2.00. The van der Waals surface area contributed by atoms with Gasteiger partial charge in [-0.15, -0.1) is 0 Å². The molecule has 2 aromatic rings. The average Bonchev–Trinajstić information content (AvgIpc) is 2.43. The van der Waals surface area contributed by atoms with Gasteiger partial charge in [-0.05, 0) is 31.2 Å². The Morgan fingerprint density at radius 3 is 2.50 bits per heavy atom. The molecule has 5 nitrogen and oxygen atoms in total. The van der Waals surface area contributed by atoms with E-state index in [1.807, 2.05) is 13.0 Å². The van der Waals surface area contributed by atoms with Crippen LogP contribution >= 0.6 is 15.9 Å². The van der Waals surface area contributed by atoms with Crippen molar-refractivity contribution in [1.82, 2.24) is 0 Å². The van der Waals surface area contributed by atoms with Crippen LogP contribution in [0, 0.1) is 10.1 Å². The summed E-state index contributed by atoms with van der Waals surface area (Å²) in [5, 5.41) is 11.0. The molecule has 0 amide bonds. The Labute approximate surface area is 124 Å². The molecule has 104 valence electrons. The fourth-order valence-electron chi connectivity index (χ4n) is 1.65. The van der Waals surface area contributed by atoms with E-state index < -0.39 is 4.92 Å². The minimum absolute atomic E-state index is 0.106. The molecule has 0 aliphatic heterocycles. The van der Waals surface area contributed by atoms with E-state index in [9.17, 15) is 10.1 Å². The molecule has 0 unspecified atom stereocenters. The van der Waals surface area contributed by atoms with E-state index in [0.717, 1.165) is 0 Å². The van der Waals surface area contributed by atoms with E-state index >= 15 is 0 Å². The van der Waals surface area contributed by atoms with Crippen molar-refractivity contribution in [3.63, 3.8) is 0 Å². The quantitative estimate of drug-likeness (QED) is 0.593. The normalized spacial score (nSPS) is 10.1. The largest absolute Gasteiger partial charge is 0.490 e. The van der Waals surface area contributed by atoms with E-state index in [-0.39, 0.29) is 11.4 Å². The first-order valence-corrected chi connectivity index (χ1v) is 6.74. The first-order chi connectivity index (χ1) is 9.61. The summed E-state index contributed by atoms with van der Waals surface area (Å²) in [6, 6.07) is 11.7. The molecular weight excluding hydrogens is 326 g/mol. The van der Waals surface area contributed by atoms with Crippen molar-refractivity contribution in [3.8, 4) is 17.2 Å². The second-order valence-electron chi connectivity index (χ2n) is 3.85. The topological polar surface area (TPSA) is 61.6 Å². The maximum absolute atomic E-state index is 11.0. The van der Waals surface area contributed by atoms with Gasteiger partial charge in [0, 0.05) is 10.5 Å². The van der Waals surface area contributed by atoms with E-state index in [0.29, 0.717) is 22.6 Å². The summed E-state index contributed by atoms with van der Waals surface area (Å²) in [5.41, 5.74) is -0.106. The number of hydrogen-bond donors (Lipinski definition) is 0. The summed E-state index contributed by atoms with van der Waals surface area (Å²) in [6.45, 7) is 2.35. The average molecular weight is 338 g/mol. The highest BCUT2D eigenvalue weighted by molar-refractivity contribution is 9.10. The van der Waals surface area contributed by atoms with Crippen LogP contribution in [-0.2, 0) is 0 Å². The van der Waals surface area contributed by atoms with Gasteiger partial charge in [0.1, 0.15) is 0 Å². The molecule has 0 aliphatic rings. The first kappa shape index (κ1) is 14.3. The molecule has 0 aromatic heterocycles. The lowest BCUT2D eigenvalue weighted by Gasteiger charge is -2.11. The van der Waals surface area contributed by atoms with Crippen LogP contribution in [0.4, 0.5) is 5.69 Å². The van der Waals surface area contributed by atoms with Crippen molar-refractivity contribution in [2.45, 2.75) is 6.92 Å². The summed E-state index contributed by atoms with van der Waals surface area (Å²) < 4.78 is 11.7. The maximum Gasteiger partial charge on any atom is 0.312 e. The fraction of sp³-hybridized carbons (Fsp3) is 0.143. The van der Waals surface area contributed by atoms with Gasteiger partial charge in [0.15, 0.2) is 11.5 Å². The Balaban J connectivity index is 2.37. The lowest BCUT2D eigenvalue weighted by molar-refractivity contribution is -0.385. The maximum atomic E-state index is 11.0. The molecule has 0 atom stereocenters. The van der Waals surface area contributed by atoms with Gasteiger partial charge in [0.25, 0.3) is 0 Å². The summed E-state index contributed by atoms with van der Waals surface area (Å²) in [7, 11) is 0. The number of para-hydroxylation sites is 2. The van der Waals surface area contributed by atoms with Crippen LogP contribution in [0.5, 0.6) is 17.2 Å². The lowest BCUT2D eigenvalue weighted by atomic mass is 10.3. The van der Waals surface area contributed by atoms with Crippen LogP contribution in [0.15, 0.2) is 46.9 Å². The predicted molar refractivity (Wildman–Crippen MR) is 78.5 cm³/mol. The molecule has 0 bridgehead atoms. The van der Waals surface area contributed by atoms with Crippen LogP contribution in [0.25, 0.3) is 0 Å². The predicted octanol–water partition coefficient (Wildman–Crippen LogP) is 4.55. The molecular formula is C14H12BrNO4. The third-order valence-corrected chi connectivity index (χ3v) is 2.98. The Bertz CT molecular complexity index is 630. The molecule has 20 heavy (non-hydrogen) atoms. The number of ether oxygens (including phenoxy) is 2. The number of nitro groups is 1. The summed E-state index contributed by atoms with van der Waals surface area (Å²) in [5.74, 6) is 1.16. The number of hydrogen-bond acceptors (Lipinski definition) is 4. The van der Waals surface area contributed by atoms with Gasteiger partial charge in [0.05, 0.1) is 11.5 Å². The summed E-state index contributed by atoms with van der Waals surface area (Å²) in [6.07, 6.45) is 0. The van der Waals surface area contributed by atoms with Gasteiger partial charge >= 0.3 is 5.69 Å². The van der Waals surface area contributed by atoms with Crippen molar-refractivity contribution < 1.29 is 14.4 Å². The van der Waals surface area contributed by atoms with Crippen molar-refractivity contribution in [2.24, 2.45) is 0 Å². The standard InChI is InChI=1S/C14H12BrNO4/c1-2-19-13-5-3-4-6-14(13)20-12-8-7-10(15)9-11(12)16(17)18/h3-9H,2H2,1H3. The van der Waals surface area contributed by atoms with E-state index in [1.54, 1.807) is 30.3 Å². The van der Waals surface area contributed by atoms with Crippen LogP contribution in [0.1, 0.15) is 6.92 Å². The molecule has 0 radical (unpaired) electrons. The van der Waals surface area contributed by atoms with E-state index in [4.69, 9.17) is 9.47 Å². The molecule has 0 fully saturated rings. The van der Waals surface area contributed by atoms with Crippen LogP contribution in [-0.4, -0.2) is 11.5 Å². The Morgan fingerprint density at radius 2 is 1.85 bits per heavy atom. The summed E-state index contributed by atoms with van der Waals surface area (Å²) in [4.78, 5) is 10.6. The number of nitrogens with zero attached hydrogens (tertiary/aromatic N) is 1. The molecule has 2 aromatic carbocycles. The Kier molecular flexibility index (Phi) is 4.57. The summed E-state index contributed by atoms with van der Waals surface area (Å²) >= 11 is 3.20.